The zero-order valence-corrected chi connectivity index (χ0v) is 18.1. The topological polar surface area (TPSA) is 97.0 Å². The van der Waals surface area contributed by atoms with Gasteiger partial charge >= 0.3 is 6.03 Å². The van der Waals surface area contributed by atoms with Crippen LogP contribution in [0, 0.1) is 5.92 Å². The lowest BCUT2D eigenvalue weighted by molar-refractivity contribution is -0.136. The van der Waals surface area contributed by atoms with Crippen molar-refractivity contribution in [3.63, 3.8) is 0 Å². The number of hydrogen-bond acceptors (Lipinski definition) is 5. The van der Waals surface area contributed by atoms with Crippen LogP contribution in [0.4, 0.5) is 4.79 Å². The number of urea groups is 1. The molecule has 2 aliphatic rings. The molecule has 1 unspecified atom stereocenters. The van der Waals surface area contributed by atoms with Gasteiger partial charge in [-0.05, 0) is 56.2 Å². The van der Waals surface area contributed by atoms with E-state index >= 15 is 0 Å². The van der Waals surface area contributed by atoms with E-state index in [2.05, 4.69) is 17.6 Å². The molecule has 0 radical (unpaired) electrons. The highest BCUT2D eigenvalue weighted by molar-refractivity contribution is 6.09. The number of benzene rings is 1. The van der Waals surface area contributed by atoms with Gasteiger partial charge in [0.15, 0.2) is 11.5 Å². The van der Waals surface area contributed by atoms with Gasteiger partial charge in [0.2, 0.25) is 5.91 Å². The van der Waals surface area contributed by atoms with Crippen LogP contribution in [0.2, 0.25) is 0 Å². The maximum atomic E-state index is 13.0. The van der Waals surface area contributed by atoms with Crippen LogP contribution in [0.5, 0.6) is 11.5 Å². The fourth-order valence-corrected chi connectivity index (χ4v) is 4.37. The van der Waals surface area contributed by atoms with E-state index in [4.69, 9.17) is 9.47 Å². The molecule has 2 N–H and O–H groups in total. The summed E-state index contributed by atoms with van der Waals surface area (Å²) in [5, 5.41) is 5.71. The van der Waals surface area contributed by atoms with Gasteiger partial charge in [-0.25, -0.2) is 4.79 Å². The molecule has 1 aliphatic heterocycles. The average molecular weight is 418 g/mol. The molecule has 1 aromatic rings. The summed E-state index contributed by atoms with van der Waals surface area (Å²) in [6, 6.07) is 4.58. The van der Waals surface area contributed by atoms with Crippen LogP contribution < -0.4 is 20.1 Å². The van der Waals surface area contributed by atoms with E-state index in [9.17, 15) is 14.4 Å². The summed E-state index contributed by atoms with van der Waals surface area (Å²) < 4.78 is 10.5. The number of amides is 4. The predicted molar refractivity (Wildman–Crippen MR) is 111 cm³/mol. The van der Waals surface area contributed by atoms with E-state index in [1.807, 2.05) is 13.0 Å². The van der Waals surface area contributed by atoms with Crippen LogP contribution in [0.15, 0.2) is 18.2 Å². The van der Waals surface area contributed by atoms with Gasteiger partial charge in [-0.15, -0.1) is 0 Å². The normalized spacial score (nSPS) is 24.5. The van der Waals surface area contributed by atoms with Crippen molar-refractivity contribution in [2.45, 2.75) is 57.5 Å². The molecule has 30 heavy (non-hydrogen) atoms. The smallest absolute Gasteiger partial charge is 0.325 e. The van der Waals surface area contributed by atoms with E-state index in [-0.39, 0.29) is 24.4 Å². The molecule has 1 heterocycles. The number of carbonyl (C=O) groups is 3. The SMILES string of the molecule is CCC1CCC2(CC1)NC(=O)N(CC(=O)NC(C)c1ccc(OC)c(OC)c1)C2=O. The molecule has 2 fully saturated rings. The van der Waals surface area contributed by atoms with Gasteiger partial charge in [-0.2, -0.15) is 0 Å². The summed E-state index contributed by atoms with van der Waals surface area (Å²) in [7, 11) is 3.11. The van der Waals surface area contributed by atoms with Gasteiger partial charge in [0, 0.05) is 0 Å². The second-order valence-corrected chi connectivity index (χ2v) is 8.16. The maximum absolute atomic E-state index is 13.0. The lowest BCUT2D eigenvalue weighted by atomic mass is 9.75. The molecular formula is C22H31N3O5. The first-order valence-corrected chi connectivity index (χ1v) is 10.5. The van der Waals surface area contributed by atoms with Crippen molar-refractivity contribution >= 4 is 17.8 Å². The van der Waals surface area contributed by atoms with Crippen LogP contribution in [0.1, 0.15) is 57.6 Å². The average Bonchev–Trinajstić information content (AvgIpc) is 2.97. The molecule has 0 aromatic heterocycles. The van der Waals surface area contributed by atoms with E-state index < -0.39 is 11.6 Å². The molecule has 1 aromatic carbocycles. The molecule has 164 valence electrons. The Balaban J connectivity index is 1.62. The van der Waals surface area contributed by atoms with Gasteiger partial charge < -0.3 is 20.1 Å². The zero-order valence-electron chi connectivity index (χ0n) is 18.1. The fraction of sp³-hybridized carbons (Fsp3) is 0.591. The molecule has 1 saturated carbocycles. The van der Waals surface area contributed by atoms with Crippen LogP contribution >= 0.6 is 0 Å². The first kappa shape index (κ1) is 21.9. The monoisotopic (exact) mass is 417 g/mol. The second-order valence-electron chi connectivity index (χ2n) is 8.16. The van der Waals surface area contributed by atoms with Crippen LogP contribution in [-0.4, -0.2) is 49.0 Å². The van der Waals surface area contributed by atoms with Crippen LogP contribution in [0.3, 0.4) is 0 Å². The minimum Gasteiger partial charge on any atom is -0.493 e. The number of carbonyl (C=O) groups excluding carboxylic acids is 3. The number of imide groups is 1. The van der Waals surface area contributed by atoms with Gasteiger partial charge in [0.1, 0.15) is 12.1 Å². The number of nitrogens with zero attached hydrogens (tertiary/aromatic N) is 1. The Morgan fingerprint density at radius 3 is 2.50 bits per heavy atom. The van der Waals surface area contributed by atoms with Gasteiger partial charge in [-0.1, -0.05) is 19.4 Å². The highest BCUT2D eigenvalue weighted by Gasteiger charge is 2.52. The first-order chi connectivity index (χ1) is 14.3. The minimum atomic E-state index is -0.835. The molecule has 3 rings (SSSR count). The molecule has 8 nitrogen and oxygen atoms in total. The van der Waals surface area contributed by atoms with Crippen molar-refractivity contribution in [2.24, 2.45) is 5.92 Å². The third-order valence-corrected chi connectivity index (χ3v) is 6.37. The third-order valence-electron chi connectivity index (χ3n) is 6.37. The van der Waals surface area contributed by atoms with E-state index in [0.29, 0.717) is 30.3 Å². The zero-order chi connectivity index (χ0) is 21.9. The minimum absolute atomic E-state index is 0.282. The number of methoxy groups -OCH3 is 2. The predicted octanol–water partition coefficient (Wildman–Crippen LogP) is 2.77. The molecule has 0 bridgehead atoms. The van der Waals surface area contributed by atoms with Crippen molar-refractivity contribution in [1.29, 1.82) is 0 Å². The number of ether oxygens (including phenoxy) is 2. The summed E-state index contributed by atoms with van der Waals surface area (Å²) in [5.41, 5.74) is -0.00888. The Morgan fingerprint density at radius 2 is 1.90 bits per heavy atom. The molecule has 8 heteroatoms. The number of hydrogen-bond donors (Lipinski definition) is 2. The van der Waals surface area contributed by atoms with E-state index in [0.717, 1.165) is 29.7 Å². The third kappa shape index (κ3) is 4.22. The largest absolute Gasteiger partial charge is 0.493 e. The molecular weight excluding hydrogens is 386 g/mol. The first-order valence-electron chi connectivity index (χ1n) is 10.5. The van der Waals surface area contributed by atoms with Gasteiger partial charge in [-0.3, -0.25) is 14.5 Å². The Kier molecular flexibility index (Phi) is 6.53. The molecule has 4 amide bonds. The van der Waals surface area contributed by atoms with Crippen molar-refractivity contribution in [3.8, 4) is 11.5 Å². The standard InChI is InChI=1S/C22H31N3O5/c1-5-15-8-10-22(11-9-15)20(27)25(21(28)24-22)13-19(26)23-14(2)16-6-7-17(29-3)18(12-16)30-4/h6-7,12,14-15H,5,8-11,13H2,1-4H3,(H,23,26)(H,24,28). The lowest BCUT2D eigenvalue weighted by Crippen LogP contribution is -2.50. The van der Waals surface area contributed by atoms with Crippen LogP contribution in [0.25, 0.3) is 0 Å². The number of rotatable bonds is 7. The van der Waals surface area contributed by atoms with E-state index in [1.54, 1.807) is 26.4 Å². The van der Waals surface area contributed by atoms with Crippen molar-refractivity contribution in [3.05, 3.63) is 23.8 Å². The maximum Gasteiger partial charge on any atom is 0.325 e. The van der Waals surface area contributed by atoms with Crippen molar-refractivity contribution in [1.82, 2.24) is 15.5 Å². The lowest BCUT2D eigenvalue weighted by Gasteiger charge is -2.34. The molecule has 1 atom stereocenters. The fourth-order valence-electron chi connectivity index (χ4n) is 4.37. The Bertz CT molecular complexity index is 817. The summed E-state index contributed by atoms with van der Waals surface area (Å²) in [4.78, 5) is 39.0. The quantitative estimate of drug-likeness (QED) is 0.665. The Morgan fingerprint density at radius 1 is 1.23 bits per heavy atom. The van der Waals surface area contributed by atoms with Crippen molar-refractivity contribution < 1.29 is 23.9 Å². The Labute approximate surface area is 177 Å². The number of nitrogens with one attached hydrogen (secondary N) is 2. The molecule has 1 spiro atoms. The van der Waals surface area contributed by atoms with Crippen molar-refractivity contribution in [2.75, 3.05) is 20.8 Å². The highest BCUT2D eigenvalue weighted by Crippen LogP contribution is 2.37. The summed E-state index contributed by atoms with van der Waals surface area (Å²) in [6.45, 7) is 3.69. The summed E-state index contributed by atoms with van der Waals surface area (Å²) in [6.07, 6.45) is 4.18. The van der Waals surface area contributed by atoms with E-state index in [1.165, 1.54) is 0 Å². The highest BCUT2D eigenvalue weighted by atomic mass is 16.5. The summed E-state index contributed by atoms with van der Waals surface area (Å²) in [5.74, 6) is 1.09. The molecule has 1 aliphatic carbocycles. The Hall–Kier alpha value is -2.77. The van der Waals surface area contributed by atoms with Gasteiger partial charge in [0.25, 0.3) is 5.91 Å². The summed E-state index contributed by atoms with van der Waals surface area (Å²) >= 11 is 0. The van der Waals surface area contributed by atoms with Gasteiger partial charge in [0.05, 0.1) is 20.3 Å². The second kappa shape index (κ2) is 8.93. The molecule has 1 saturated heterocycles. The van der Waals surface area contributed by atoms with Crippen LogP contribution in [-0.2, 0) is 9.59 Å².